The summed E-state index contributed by atoms with van der Waals surface area (Å²) >= 11 is 0. The fraction of sp³-hybridized carbons (Fsp3) is 0.111. The Morgan fingerprint density at radius 1 is 0.935 bits per heavy atom. The van der Waals surface area contributed by atoms with Crippen LogP contribution in [0.25, 0.3) is 11.1 Å². The second-order valence-electron chi connectivity index (χ2n) is 7.23. The molecule has 2 aromatic rings. The number of benzene rings is 2. The van der Waals surface area contributed by atoms with E-state index in [0.717, 1.165) is 5.56 Å². The molecule has 2 rings (SSSR count). The van der Waals surface area contributed by atoms with E-state index in [1.54, 1.807) is 25.1 Å². The van der Waals surface area contributed by atoms with Crippen LogP contribution in [0.5, 0.6) is 5.75 Å². The van der Waals surface area contributed by atoms with Crippen molar-refractivity contribution < 1.29 is 17.9 Å². The van der Waals surface area contributed by atoms with Crippen molar-refractivity contribution >= 4 is 0 Å². The van der Waals surface area contributed by atoms with Gasteiger partial charge in [0.2, 0.25) is 5.82 Å². The summed E-state index contributed by atoms with van der Waals surface area (Å²) in [6.07, 6.45) is 4.34. The monoisotopic (exact) mass is 422 g/mol. The van der Waals surface area contributed by atoms with Crippen molar-refractivity contribution in [2.24, 2.45) is 0 Å². The van der Waals surface area contributed by atoms with Crippen molar-refractivity contribution in [3.8, 4) is 16.9 Å². The molecule has 0 heterocycles. The Morgan fingerprint density at radius 3 is 2.19 bits per heavy atom. The van der Waals surface area contributed by atoms with E-state index < -0.39 is 17.5 Å². The lowest BCUT2D eigenvalue weighted by atomic mass is 10.0. The Labute approximate surface area is 181 Å². The van der Waals surface area contributed by atoms with Gasteiger partial charge in [0.05, 0.1) is 0 Å². The number of allylic oxidation sites excluding steroid dienone is 6. The van der Waals surface area contributed by atoms with Gasteiger partial charge in [-0.25, -0.2) is 8.78 Å². The highest BCUT2D eigenvalue weighted by molar-refractivity contribution is 5.65. The Morgan fingerprint density at radius 2 is 1.58 bits per heavy atom. The summed E-state index contributed by atoms with van der Waals surface area (Å²) in [5, 5.41) is 0. The zero-order valence-corrected chi connectivity index (χ0v) is 17.8. The third-order valence-corrected chi connectivity index (χ3v) is 4.39. The molecule has 0 amide bonds. The maximum atomic E-state index is 14.5. The molecule has 0 aromatic heterocycles. The van der Waals surface area contributed by atoms with Gasteiger partial charge in [0.1, 0.15) is 12.4 Å². The van der Waals surface area contributed by atoms with Gasteiger partial charge >= 0.3 is 0 Å². The Kier molecular flexibility index (Phi) is 8.03. The van der Waals surface area contributed by atoms with E-state index in [-0.39, 0.29) is 23.5 Å². The van der Waals surface area contributed by atoms with Crippen molar-refractivity contribution in [2.45, 2.75) is 13.8 Å². The summed E-state index contributed by atoms with van der Waals surface area (Å²) in [6.45, 7) is 18.3. The second-order valence-corrected chi connectivity index (χ2v) is 7.23. The summed E-state index contributed by atoms with van der Waals surface area (Å²) in [5.74, 6) is -2.80. The summed E-state index contributed by atoms with van der Waals surface area (Å²) < 4.78 is 48.3. The van der Waals surface area contributed by atoms with E-state index in [0.29, 0.717) is 22.3 Å². The highest BCUT2D eigenvalue weighted by Gasteiger charge is 2.16. The van der Waals surface area contributed by atoms with E-state index in [1.165, 1.54) is 24.3 Å². The quantitative estimate of drug-likeness (QED) is 0.372. The molecule has 0 spiro atoms. The first-order chi connectivity index (χ1) is 14.6. The first-order valence-electron chi connectivity index (χ1n) is 9.55. The fourth-order valence-electron chi connectivity index (χ4n) is 2.59. The normalized spacial score (nSPS) is 11.5. The molecule has 0 unspecified atom stereocenters. The lowest BCUT2D eigenvalue weighted by Gasteiger charge is -2.11. The van der Waals surface area contributed by atoms with Crippen LogP contribution in [0.4, 0.5) is 13.2 Å². The average molecular weight is 422 g/mol. The molecule has 0 N–H and O–H groups in total. The van der Waals surface area contributed by atoms with Gasteiger partial charge in [0.15, 0.2) is 11.6 Å². The van der Waals surface area contributed by atoms with Crippen LogP contribution < -0.4 is 4.74 Å². The van der Waals surface area contributed by atoms with Gasteiger partial charge in [-0.05, 0) is 48.8 Å². The third-order valence-electron chi connectivity index (χ3n) is 4.39. The largest absolute Gasteiger partial charge is 0.486 e. The predicted molar refractivity (Wildman–Crippen MR) is 123 cm³/mol. The first-order valence-corrected chi connectivity index (χ1v) is 9.55. The maximum absolute atomic E-state index is 14.5. The van der Waals surface area contributed by atoms with E-state index in [9.17, 15) is 13.2 Å². The van der Waals surface area contributed by atoms with Crippen LogP contribution in [0.3, 0.4) is 0 Å². The molecule has 0 aliphatic rings. The minimum absolute atomic E-state index is 0.0828. The first kappa shape index (κ1) is 23.7. The molecule has 1 nitrogen and oxygen atoms in total. The molecular formula is C27H25F3O. The summed E-state index contributed by atoms with van der Waals surface area (Å²) in [4.78, 5) is 0. The molecule has 0 radical (unpaired) electrons. The molecule has 0 bridgehead atoms. The molecule has 0 fully saturated rings. The van der Waals surface area contributed by atoms with Crippen LogP contribution in [-0.2, 0) is 0 Å². The molecule has 4 heteroatoms. The van der Waals surface area contributed by atoms with E-state index in [2.05, 4.69) is 26.3 Å². The minimum Gasteiger partial charge on any atom is -0.486 e. The Balaban J connectivity index is 2.03. The maximum Gasteiger partial charge on any atom is 0.201 e. The van der Waals surface area contributed by atoms with Crippen molar-refractivity contribution in [3.05, 3.63) is 126 Å². The number of ether oxygens (including phenoxy) is 1. The van der Waals surface area contributed by atoms with Crippen molar-refractivity contribution in [1.29, 1.82) is 0 Å². The molecule has 0 saturated carbocycles. The number of halogens is 3. The van der Waals surface area contributed by atoms with Gasteiger partial charge in [-0.3, -0.25) is 0 Å². The van der Waals surface area contributed by atoms with E-state index in [4.69, 9.17) is 4.74 Å². The van der Waals surface area contributed by atoms with Crippen LogP contribution in [0.15, 0.2) is 109 Å². The van der Waals surface area contributed by atoms with Gasteiger partial charge in [0, 0.05) is 11.1 Å². The van der Waals surface area contributed by atoms with Gasteiger partial charge in [-0.1, -0.05) is 73.9 Å². The van der Waals surface area contributed by atoms with E-state index >= 15 is 0 Å². The van der Waals surface area contributed by atoms with Crippen molar-refractivity contribution in [2.75, 3.05) is 6.61 Å². The molecule has 160 valence electrons. The Bertz CT molecular complexity index is 1090. The van der Waals surface area contributed by atoms with Gasteiger partial charge in [0.25, 0.3) is 0 Å². The fourth-order valence-corrected chi connectivity index (χ4v) is 2.59. The molecule has 0 aliphatic heterocycles. The summed E-state index contributed by atoms with van der Waals surface area (Å²) in [6, 6.07) is 9.97. The lowest BCUT2D eigenvalue weighted by Crippen LogP contribution is -2.02. The van der Waals surface area contributed by atoms with Gasteiger partial charge in [-0.2, -0.15) is 4.39 Å². The lowest BCUT2D eigenvalue weighted by molar-refractivity contribution is 0.327. The number of hydrogen-bond acceptors (Lipinski definition) is 1. The van der Waals surface area contributed by atoms with Crippen molar-refractivity contribution in [3.63, 3.8) is 0 Å². The van der Waals surface area contributed by atoms with Crippen LogP contribution in [0.2, 0.25) is 0 Å². The van der Waals surface area contributed by atoms with Gasteiger partial charge in [-0.15, -0.1) is 0 Å². The molecule has 0 saturated heterocycles. The number of aryl methyl sites for hydroxylation is 1. The molecule has 0 aliphatic carbocycles. The van der Waals surface area contributed by atoms with Gasteiger partial charge < -0.3 is 4.74 Å². The number of hydrogen-bond donors (Lipinski definition) is 0. The smallest absolute Gasteiger partial charge is 0.201 e. The highest BCUT2D eigenvalue weighted by atomic mass is 19.2. The average Bonchev–Trinajstić information content (AvgIpc) is 2.72. The minimum atomic E-state index is -1.07. The molecule has 0 atom stereocenters. The van der Waals surface area contributed by atoms with Crippen molar-refractivity contribution in [1.82, 2.24) is 0 Å². The van der Waals surface area contributed by atoms with E-state index in [1.807, 2.05) is 19.1 Å². The van der Waals surface area contributed by atoms with Crippen LogP contribution >= 0.6 is 0 Å². The van der Waals surface area contributed by atoms with Crippen LogP contribution in [-0.4, -0.2) is 6.61 Å². The number of rotatable bonds is 9. The highest BCUT2D eigenvalue weighted by Crippen LogP contribution is 2.30. The summed E-state index contributed by atoms with van der Waals surface area (Å²) in [5.41, 5.74) is 3.23. The zero-order valence-electron chi connectivity index (χ0n) is 17.8. The Hall–Kier alpha value is -3.53. The molecular weight excluding hydrogens is 397 g/mol. The predicted octanol–water partition coefficient (Wildman–Crippen LogP) is 7.97. The summed E-state index contributed by atoms with van der Waals surface area (Å²) in [7, 11) is 0. The topological polar surface area (TPSA) is 9.23 Å². The molecule has 2 aromatic carbocycles. The van der Waals surface area contributed by atoms with Crippen LogP contribution in [0.1, 0.15) is 12.5 Å². The SMILES string of the molecule is C=C(C)/C=C(/F)C(=C)C(=C)/C=C\C(=C)COc1ccc(-c2ccc(C)cc2)c(F)c1F. The third kappa shape index (κ3) is 6.48. The standard InChI is InChI=1S/C27H25F3O/c1-17(2)15-24(28)21(6)20(5)10-7-19(4)16-31-25-14-13-23(26(29)27(25)30)22-11-8-18(3)9-12-22/h7-15H,1,4-6,16H2,2-3H3/b10-7-,24-15+. The van der Waals surface area contributed by atoms with Crippen LogP contribution in [0, 0.1) is 18.6 Å². The molecule has 31 heavy (non-hydrogen) atoms. The second kappa shape index (κ2) is 10.5. The zero-order chi connectivity index (χ0) is 23.1.